The van der Waals surface area contributed by atoms with Crippen molar-refractivity contribution in [1.29, 1.82) is 0 Å². The van der Waals surface area contributed by atoms with Crippen LogP contribution in [0.1, 0.15) is 9.67 Å². The molecule has 0 fully saturated rings. The van der Waals surface area contributed by atoms with Crippen LogP contribution in [0.5, 0.6) is 0 Å². The highest BCUT2D eigenvalue weighted by Crippen LogP contribution is 2.34. The van der Waals surface area contributed by atoms with Crippen molar-refractivity contribution < 1.29 is 9.90 Å². The molecule has 14 heavy (non-hydrogen) atoms. The van der Waals surface area contributed by atoms with Crippen molar-refractivity contribution in [3.05, 3.63) is 28.1 Å². The van der Waals surface area contributed by atoms with Gasteiger partial charge in [-0.1, -0.05) is 11.6 Å². The van der Waals surface area contributed by atoms with Crippen LogP contribution in [0, 0.1) is 0 Å². The van der Waals surface area contributed by atoms with Crippen LogP contribution in [0.2, 0.25) is 5.02 Å². The summed E-state index contributed by atoms with van der Waals surface area (Å²) >= 11 is 7.12. The Morgan fingerprint density at radius 2 is 2.21 bits per heavy atom. The first-order chi connectivity index (χ1) is 6.59. The lowest BCUT2D eigenvalue weighted by Crippen LogP contribution is -1.89. The molecule has 72 valence electrons. The van der Waals surface area contributed by atoms with Crippen molar-refractivity contribution in [3.8, 4) is 0 Å². The van der Waals surface area contributed by atoms with Crippen LogP contribution >= 0.6 is 22.9 Å². The Kier molecular flexibility index (Phi) is 2.09. The molecule has 3 N–H and O–H groups in total. The zero-order valence-corrected chi connectivity index (χ0v) is 8.52. The molecule has 0 spiro atoms. The minimum absolute atomic E-state index is 0.271. The number of nitrogen functional groups attached to an aromatic ring is 1. The summed E-state index contributed by atoms with van der Waals surface area (Å²) in [6, 6.07) is 4.99. The van der Waals surface area contributed by atoms with E-state index in [2.05, 4.69) is 0 Å². The van der Waals surface area contributed by atoms with E-state index in [1.807, 2.05) is 0 Å². The quantitative estimate of drug-likeness (QED) is 0.737. The number of hydrogen-bond donors (Lipinski definition) is 2. The fourth-order valence-corrected chi connectivity index (χ4v) is 2.38. The van der Waals surface area contributed by atoms with E-state index in [-0.39, 0.29) is 4.88 Å². The molecule has 0 unspecified atom stereocenters. The average Bonchev–Trinajstić information content (AvgIpc) is 2.56. The third-order valence-electron chi connectivity index (χ3n) is 1.88. The number of aromatic carboxylic acids is 1. The molecule has 0 aliphatic carbocycles. The van der Waals surface area contributed by atoms with E-state index < -0.39 is 5.97 Å². The van der Waals surface area contributed by atoms with E-state index in [9.17, 15) is 4.79 Å². The minimum Gasteiger partial charge on any atom is -0.477 e. The lowest BCUT2D eigenvalue weighted by Gasteiger charge is -1.96. The monoisotopic (exact) mass is 227 g/mol. The van der Waals surface area contributed by atoms with E-state index in [0.29, 0.717) is 16.1 Å². The Bertz CT molecular complexity index is 521. The molecule has 0 aliphatic rings. The number of hydrogen-bond acceptors (Lipinski definition) is 3. The van der Waals surface area contributed by atoms with Crippen LogP contribution in [0.25, 0.3) is 10.1 Å². The first-order valence-corrected chi connectivity index (χ1v) is 5.00. The second-order valence-electron chi connectivity index (χ2n) is 2.80. The number of carboxylic acid groups (broad SMARTS) is 1. The fraction of sp³-hybridized carbons (Fsp3) is 0. The summed E-state index contributed by atoms with van der Waals surface area (Å²) in [5, 5.41) is 9.91. The molecular formula is C9H6ClNO2S. The van der Waals surface area contributed by atoms with Gasteiger partial charge in [0.25, 0.3) is 0 Å². The average molecular weight is 228 g/mol. The van der Waals surface area contributed by atoms with Gasteiger partial charge in [0.15, 0.2) is 0 Å². The van der Waals surface area contributed by atoms with Gasteiger partial charge in [-0.2, -0.15) is 0 Å². The van der Waals surface area contributed by atoms with Gasteiger partial charge in [-0.15, -0.1) is 11.3 Å². The molecule has 2 aromatic rings. The smallest absolute Gasteiger partial charge is 0.345 e. The van der Waals surface area contributed by atoms with Crippen molar-refractivity contribution in [1.82, 2.24) is 0 Å². The molecule has 0 bridgehead atoms. The molecular weight excluding hydrogens is 222 g/mol. The van der Waals surface area contributed by atoms with E-state index in [0.717, 1.165) is 4.70 Å². The third kappa shape index (κ3) is 1.32. The van der Waals surface area contributed by atoms with Crippen LogP contribution in [0.15, 0.2) is 18.2 Å². The second kappa shape index (κ2) is 3.15. The first kappa shape index (κ1) is 9.30. The molecule has 1 aromatic carbocycles. The number of carbonyl (C=O) groups is 1. The van der Waals surface area contributed by atoms with Crippen molar-refractivity contribution in [2.24, 2.45) is 0 Å². The molecule has 0 saturated heterocycles. The van der Waals surface area contributed by atoms with Crippen LogP contribution in [0.4, 0.5) is 5.69 Å². The van der Waals surface area contributed by atoms with Crippen LogP contribution < -0.4 is 5.73 Å². The van der Waals surface area contributed by atoms with Crippen LogP contribution in [0.3, 0.4) is 0 Å². The lowest BCUT2D eigenvalue weighted by molar-refractivity contribution is 0.0702. The van der Waals surface area contributed by atoms with E-state index in [4.69, 9.17) is 22.4 Å². The van der Waals surface area contributed by atoms with E-state index in [1.54, 1.807) is 18.2 Å². The van der Waals surface area contributed by atoms with Crippen molar-refractivity contribution in [3.63, 3.8) is 0 Å². The van der Waals surface area contributed by atoms with E-state index >= 15 is 0 Å². The highest BCUT2D eigenvalue weighted by molar-refractivity contribution is 7.20. The highest BCUT2D eigenvalue weighted by Gasteiger charge is 2.11. The van der Waals surface area contributed by atoms with E-state index in [1.165, 1.54) is 11.3 Å². The SMILES string of the molecule is Nc1ccc2sc(C(=O)O)cc2c1Cl. The summed E-state index contributed by atoms with van der Waals surface area (Å²) in [5.41, 5.74) is 6.06. The molecule has 2 rings (SSSR count). The molecule has 0 aliphatic heterocycles. The number of benzene rings is 1. The van der Waals surface area contributed by atoms with Gasteiger partial charge in [0, 0.05) is 10.1 Å². The van der Waals surface area contributed by atoms with Gasteiger partial charge in [0.2, 0.25) is 0 Å². The fourth-order valence-electron chi connectivity index (χ4n) is 1.20. The standard InChI is InChI=1S/C9H6ClNO2S/c10-8-4-3-7(9(12)13)14-6(4)2-1-5(8)11/h1-3H,11H2,(H,12,13). The predicted octanol–water partition coefficient (Wildman–Crippen LogP) is 2.84. The van der Waals surface area contributed by atoms with Crippen molar-refractivity contribution >= 4 is 44.7 Å². The number of fused-ring (bicyclic) bond motifs is 1. The van der Waals surface area contributed by atoms with Crippen LogP contribution in [-0.4, -0.2) is 11.1 Å². The summed E-state index contributed by atoms with van der Waals surface area (Å²) in [6.45, 7) is 0. The van der Waals surface area contributed by atoms with Gasteiger partial charge in [0.1, 0.15) is 4.88 Å². The van der Waals surface area contributed by atoms with Gasteiger partial charge in [-0.3, -0.25) is 0 Å². The molecule has 0 amide bonds. The summed E-state index contributed by atoms with van der Waals surface area (Å²) in [6.07, 6.45) is 0. The minimum atomic E-state index is -0.944. The normalized spacial score (nSPS) is 10.6. The Morgan fingerprint density at radius 1 is 1.50 bits per heavy atom. The molecule has 0 saturated carbocycles. The Labute approximate surface area is 88.7 Å². The number of nitrogens with two attached hydrogens (primary N) is 1. The molecule has 0 atom stereocenters. The zero-order chi connectivity index (χ0) is 10.3. The van der Waals surface area contributed by atoms with Gasteiger partial charge < -0.3 is 10.8 Å². The maximum absolute atomic E-state index is 10.7. The molecule has 1 heterocycles. The second-order valence-corrected chi connectivity index (χ2v) is 4.26. The van der Waals surface area contributed by atoms with Crippen molar-refractivity contribution in [2.75, 3.05) is 5.73 Å². The Morgan fingerprint density at radius 3 is 2.86 bits per heavy atom. The van der Waals surface area contributed by atoms with Gasteiger partial charge in [-0.05, 0) is 18.2 Å². The van der Waals surface area contributed by atoms with Crippen molar-refractivity contribution in [2.45, 2.75) is 0 Å². The Hall–Kier alpha value is -1.26. The van der Waals surface area contributed by atoms with Gasteiger partial charge in [0.05, 0.1) is 10.7 Å². The summed E-state index contributed by atoms with van der Waals surface area (Å²) in [5.74, 6) is -0.944. The molecule has 0 radical (unpaired) electrons. The largest absolute Gasteiger partial charge is 0.477 e. The number of thiophene rings is 1. The molecule has 5 heteroatoms. The number of rotatable bonds is 1. The topological polar surface area (TPSA) is 63.3 Å². The van der Waals surface area contributed by atoms with Crippen LogP contribution in [-0.2, 0) is 0 Å². The maximum atomic E-state index is 10.7. The van der Waals surface area contributed by atoms with Gasteiger partial charge in [-0.25, -0.2) is 4.79 Å². The van der Waals surface area contributed by atoms with Gasteiger partial charge >= 0.3 is 5.97 Å². The number of carboxylic acids is 1. The number of anilines is 1. The zero-order valence-electron chi connectivity index (χ0n) is 6.95. The third-order valence-corrected chi connectivity index (χ3v) is 3.39. The highest BCUT2D eigenvalue weighted by atomic mass is 35.5. The summed E-state index contributed by atoms with van der Waals surface area (Å²) in [7, 11) is 0. The number of halogens is 1. The maximum Gasteiger partial charge on any atom is 0.345 e. The Balaban J connectivity index is 2.77. The summed E-state index contributed by atoms with van der Waals surface area (Å²) < 4.78 is 0.835. The summed E-state index contributed by atoms with van der Waals surface area (Å²) in [4.78, 5) is 11.0. The predicted molar refractivity (Wildman–Crippen MR) is 58.2 cm³/mol. The lowest BCUT2D eigenvalue weighted by atomic mass is 10.2. The molecule has 1 aromatic heterocycles. The molecule has 3 nitrogen and oxygen atoms in total. The first-order valence-electron chi connectivity index (χ1n) is 3.80.